The van der Waals surface area contributed by atoms with E-state index in [0.717, 1.165) is 24.0 Å². The van der Waals surface area contributed by atoms with Crippen molar-refractivity contribution in [1.29, 1.82) is 0 Å². The summed E-state index contributed by atoms with van der Waals surface area (Å²) in [5.41, 5.74) is 2.84. The number of nitrogens with one attached hydrogen (secondary N) is 2. The first-order valence-electron chi connectivity index (χ1n) is 11.1. The highest BCUT2D eigenvalue weighted by molar-refractivity contribution is 6.07. The van der Waals surface area contributed by atoms with E-state index in [-0.39, 0.29) is 18.4 Å². The first-order valence-corrected chi connectivity index (χ1v) is 11.1. The summed E-state index contributed by atoms with van der Waals surface area (Å²) >= 11 is 0. The van der Waals surface area contributed by atoms with Gasteiger partial charge >= 0.3 is 6.03 Å². The number of anilines is 1. The van der Waals surface area contributed by atoms with Gasteiger partial charge < -0.3 is 10.6 Å². The molecule has 4 amide bonds. The van der Waals surface area contributed by atoms with Crippen molar-refractivity contribution in [2.75, 3.05) is 5.32 Å². The van der Waals surface area contributed by atoms with Crippen LogP contribution in [0.4, 0.5) is 10.5 Å². The summed E-state index contributed by atoms with van der Waals surface area (Å²) in [4.78, 5) is 39.5. The van der Waals surface area contributed by atoms with Crippen molar-refractivity contribution in [2.45, 2.75) is 38.8 Å². The van der Waals surface area contributed by atoms with Crippen molar-refractivity contribution >= 4 is 23.5 Å². The van der Waals surface area contributed by atoms with Gasteiger partial charge in [-0.3, -0.25) is 14.5 Å². The highest BCUT2D eigenvalue weighted by Gasteiger charge is 2.48. The van der Waals surface area contributed by atoms with E-state index >= 15 is 0 Å². The van der Waals surface area contributed by atoms with Gasteiger partial charge in [0.1, 0.15) is 5.54 Å². The van der Waals surface area contributed by atoms with Crippen LogP contribution in [-0.2, 0) is 23.3 Å². The van der Waals surface area contributed by atoms with Crippen LogP contribution in [-0.4, -0.2) is 22.7 Å². The molecule has 2 N–H and O–H groups in total. The van der Waals surface area contributed by atoms with E-state index in [9.17, 15) is 14.4 Å². The fraction of sp³-hybridized carbons (Fsp3) is 0.222. The Labute approximate surface area is 193 Å². The maximum atomic E-state index is 13.2. The lowest BCUT2D eigenvalue weighted by molar-refractivity contribution is -0.131. The van der Waals surface area contributed by atoms with Gasteiger partial charge in [-0.2, -0.15) is 0 Å². The predicted molar refractivity (Wildman–Crippen MR) is 128 cm³/mol. The van der Waals surface area contributed by atoms with E-state index in [1.54, 1.807) is 31.2 Å². The van der Waals surface area contributed by atoms with Crippen molar-refractivity contribution < 1.29 is 14.4 Å². The van der Waals surface area contributed by atoms with Crippen molar-refractivity contribution in [3.05, 3.63) is 101 Å². The maximum Gasteiger partial charge on any atom is 0.325 e. The largest absolute Gasteiger partial charge is 0.325 e. The van der Waals surface area contributed by atoms with Crippen LogP contribution in [0.2, 0.25) is 0 Å². The highest BCUT2D eigenvalue weighted by atomic mass is 16.2. The SMILES string of the molecule is CCCc1ccc(C2(C)NC(=O)N(Cc3ccc(C(=O)Nc4ccccc4)cc3)C2=O)cc1. The molecule has 0 saturated carbocycles. The number of carbonyl (C=O) groups is 3. The summed E-state index contributed by atoms with van der Waals surface area (Å²) in [6.07, 6.45) is 2.02. The number of benzene rings is 3. The number of hydrogen-bond acceptors (Lipinski definition) is 3. The second kappa shape index (κ2) is 9.28. The topological polar surface area (TPSA) is 78.5 Å². The quantitative estimate of drug-likeness (QED) is 0.514. The third-order valence-electron chi connectivity index (χ3n) is 5.93. The summed E-state index contributed by atoms with van der Waals surface area (Å²) in [5, 5.41) is 5.69. The van der Waals surface area contributed by atoms with Gasteiger partial charge in [0.2, 0.25) is 0 Å². The Bertz CT molecular complexity index is 1160. The van der Waals surface area contributed by atoms with Crippen molar-refractivity contribution in [3.63, 3.8) is 0 Å². The maximum absolute atomic E-state index is 13.2. The minimum atomic E-state index is -1.10. The fourth-order valence-electron chi connectivity index (χ4n) is 4.00. The van der Waals surface area contributed by atoms with Gasteiger partial charge in [-0.15, -0.1) is 0 Å². The number of aryl methyl sites for hydroxylation is 1. The second-order valence-electron chi connectivity index (χ2n) is 8.41. The molecule has 4 rings (SSSR count). The van der Waals surface area contributed by atoms with Crippen LogP contribution >= 0.6 is 0 Å². The summed E-state index contributed by atoms with van der Waals surface area (Å²) in [6.45, 7) is 3.99. The first-order chi connectivity index (χ1) is 15.9. The van der Waals surface area contributed by atoms with E-state index in [0.29, 0.717) is 11.3 Å². The Morgan fingerprint density at radius 3 is 2.18 bits per heavy atom. The zero-order valence-electron chi connectivity index (χ0n) is 18.8. The number of imide groups is 1. The lowest BCUT2D eigenvalue weighted by atomic mass is 9.91. The molecule has 1 heterocycles. The molecule has 1 unspecified atom stereocenters. The third-order valence-corrected chi connectivity index (χ3v) is 5.93. The van der Waals surface area contributed by atoms with Gasteiger partial charge in [0.05, 0.1) is 6.54 Å². The van der Waals surface area contributed by atoms with Crippen LogP contribution in [0.1, 0.15) is 47.3 Å². The average Bonchev–Trinajstić information content (AvgIpc) is 3.04. The molecular formula is C27H27N3O3. The molecule has 1 aliphatic rings. The Kier molecular flexibility index (Phi) is 6.27. The number of carbonyl (C=O) groups excluding carboxylic acids is 3. The van der Waals surface area contributed by atoms with E-state index in [1.165, 1.54) is 10.5 Å². The molecule has 6 nitrogen and oxygen atoms in total. The van der Waals surface area contributed by atoms with Crippen molar-refractivity contribution in [2.24, 2.45) is 0 Å². The number of rotatable bonds is 7. The molecule has 0 aromatic heterocycles. The number of hydrogen-bond donors (Lipinski definition) is 2. The molecule has 1 fully saturated rings. The third kappa shape index (κ3) is 4.65. The molecule has 6 heteroatoms. The van der Waals surface area contributed by atoms with Crippen LogP contribution in [0.3, 0.4) is 0 Å². The predicted octanol–water partition coefficient (Wildman–Crippen LogP) is 4.86. The lowest BCUT2D eigenvalue weighted by Crippen LogP contribution is -2.40. The molecular weight excluding hydrogens is 414 g/mol. The zero-order chi connectivity index (χ0) is 23.4. The Hall–Kier alpha value is -3.93. The first kappa shape index (κ1) is 22.3. The van der Waals surface area contributed by atoms with Crippen LogP contribution in [0.15, 0.2) is 78.9 Å². The smallest absolute Gasteiger partial charge is 0.322 e. The van der Waals surface area contributed by atoms with Gasteiger partial charge in [-0.25, -0.2) is 4.79 Å². The Morgan fingerprint density at radius 2 is 1.55 bits per heavy atom. The molecule has 0 bridgehead atoms. The lowest BCUT2D eigenvalue weighted by Gasteiger charge is -2.22. The van der Waals surface area contributed by atoms with Crippen molar-refractivity contribution in [3.8, 4) is 0 Å². The van der Waals surface area contributed by atoms with E-state index < -0.39 is 11.6 Å². The van der Waals surface area contributed by atoms with Crippen LogP contribution in [0.25, 0.3) is 0 Å². The minimum Gasteiger partial charge on any atom is -0.322 e. The number of para-hydroxylation sites is 1. The second-order valence-corrected chi connectivity index (χ2v) is 8.41. The fourth-order valence-corrected chi connectivity index (χ4v) is 4.00. The van der Waals surface area contributed by atoms with Crippen LogP contribution in [0, 0.1) is 0 Å². The monoisotopic (exact) mass is 441 g/mol. The molecule has 3 aromatic rings. The Morgan fingerprint density at radius 1 is 0.909 bits per heavy atom. The molecule has 3 aromatic carbocycles. The van der Waals surface area contributed by atoms with Crippen LogP contribution < -0.4 is 10.6 Å². The number of amides is 4. The summed E-state index contributed by atoms with van der Waals surface area (Å²) < 4.78 is 0. The molecule has 1 aliphatic heterocycles. The molecule has 1 saturated heterocycles. The molecule has 1 atom stereocenters. The van der Waals surface area contributed by atoms with Crippen molar-refractivity contribution in [1.82, 2.24) is 10.2 Å². The molecule has 0 radical (unpaired) electrons. The number of urea groups is 1. The average molecular weight is 442 g/mol. The van der Waals surface area contributed by atoms with E-state index in [1.807, 2.05) is 54.6 Å². The normalized spacial score (nSPS) is 17.7. The summed E-state index contributed by atoms with van der Waals surface area (Å²) in [6, 6.07) is 23.5. The zero-order valence-corrected chi connectivity index (χ0v) is 18.8. The summed E-state index contributed by atoms with van der Waals surface area (Å²) in [5.74, 6) is -0.511. The van der Waals surface area contributed by atoms with E-state index in [4.69, 9.17) is 0 Å². The van der Waals surface area contributed by atoms with Gasteiger partial charge in [-0.1, -0.05) is 67.9 Å². The standard InChI is InChI=1S/C27H27N3O3/c1-3-7-19-12-16-22(17-13-19)27(2)25(32)30(26(33)29-27)18-20-10-14-21(15-11-20)24(31)28-23-8-5-4-6-9-23/h4-6,8-17H,3,7,18H2,1-2H3,(H,28,31)(H,29,33). The van der Waals surface area contributed by atoms with Gasteiger partial charge in [0.15, 0.2) is 0 Å². The highest BCUT2D eigenvalue weighted by Crippen LogP contribution is 2.30. The molecule has 168 valence electrons. The summed E-state index contributed by atoms with van der Waals surface area (Å²) in [7, 11) is 0. The number of nitrogens with zero attached hydrogens (tertiary/aromatic N) is 1. The van der Waals surface area contributed by atoms with Gasteiger partial charge in [-0.05, 0) is 54.3 Å². The minimum absolute atomic E-state index is 0.134. The Balaban J connectivity index is 1.45. The molecule has 0 aliphatic carbocycles. The molecule has 0 spiro atoms. The van der Waals surface area contributed by atoms with Gasteiger partial charge in [0, 0.05) is 11.3 Å². The van der Waals surface area contributed by atoms with Gasteiger partial charge in [0.25, 0.3) is 11.8 Å². The molecule has 33 heavy (non-hydrogen) atoms. The van der Waals surface area contributed by atoms with E-state index in [2.05, 4.69) is 17.6 Å². The van der Waals surface area contributed by atoms with Crippen LogP contribution in [0.5, 0.6) is 0 Å².